The molecule has 0 aliphatic rings. The maximum absolute atomic E-state index is 13.2. The zero-order valence-corrected chi connectivity index (χ0v) is 22.9. The topological polar surface area (TPSA) is 72.8 Å². The van der Waals surface area contributed by atoms with E-state index in [1.165, 1.54) is 18.7 Å². The molecule has 4 aromatic carbocycles. The second kappa shape index (κ2) is 13.7. The van der Waals surface area contributed by atoms with Gasteiger partial charge in [-0.1, -0.05) is 71.0 Å². The van der Waals surface area contributed by atoms with Gasteiger partial charge >= 0.3 is 5.97 Å². The van der Waals surface area contributed by atoms with Crippen molar-refractivity contribution >= 4 is 46.6 Å². The van der Waals surface area contributed by atoms with Crippen LogP contribution in [0.4, 0.5) is 0 Å². The average molecular weight is 556 g/mol. The largest absolute Gasteiger partial charge is 0.331 e. The first-order valence-corrected chi connectivity index (χ1v) is 13.6. The van der Waals surface area contributed by atoms with Gasteiger partial charge in [-0.2, -0.15) is 0 Å². The lowest BCUT2D eigenvalue weighted by atomic mass is 10.0. The van der Waals surface area contributed by atoms with Gasteiger partial charge in [0.1, 0.15) is 5.71 Å². The van der Waals surface area contributed by atoms with Crippen LogP contribution in [-0.2, 0) is 16.1 Å². The van der Waals surface area contributed by atoms with Gasteiger partial charge in [0, 0.05) is 38.4 Å². The van der Waals surface area contributed by atoms with E-state index in [9.17, 15) is 14.4 Å². The molecule has 0 bridgehead atoms. The summed E-state index contributed by atoms with van der Waals surface area (Å²) in [6, 6.07) is 31.4. The zero-order valence-electron chi connectivity index (χ0n) is 21.3. The van der Waals surface area contributed by atoms with E-state index < -0.39 is 5.97 Å². The van der Waals surface area contributed by atoms with E-state index in [4.69, 9.17) is 16.4 Å². The van der Waals surface area contributed by atoms with E-state index in [-0.39, 0.29) is 17.3 Å². The van der Waals surface area contributed by atoms with Gasteiger partial charge in [-0.3, -0.25) is 9.59 Å². The minimum Gasteiger partial charge on any atom is -0.318 e. The van der Waals surface area contributed by atoms with E-state index in [1.54, 1.807) is 24.3 Å². The lowest BCUT2D eigenvalue weighted by Crippen LogP contribution is -2.16. The van der Waals surface area contributed by atoms with Gasteiger partial charge in [-0.15, -0.1) is 0 Å². The fraction of sp³-hybridized carbons (Fsp3) is 0.125. The Morgan fingerprint density at radius 3 is 1.90 bits per heavy atom. The third kappa shape index (κ3) is 8.24. The van der Waals surface area contributed by atoms with Crippen LogP contribution in [0.3, 0.4) is 0 Å². The maximum Gasteiger partial charge on any atom is 0.331 e. The number of carbonyl (C=O) groups excluding carboxylic acids is 3. The van der Waals surface area contributed by atoms with Crippen LogP contribution >= 0.6 is 23.4 Å². The number of hydrogen-bond donors (Lipinski definition) is 0. The number of rotatable bonds is 11. The molecule has 0 atom stereocenters. The third-order valence-corrected chi connectivity index (χ3v) is 7.11. The van der Waals surface area contributed by atoms with E-state index in [1.807, 2.05) is 78.9 Å². The molecule has 0 aliphatic heterocycles. The molecule has 0 saturated heterocycles. The quantitative estimate of drug-likeness (QED) is 0.0815. The van der Waals surface area contributed by atoms with E-state index in [0.29, 0.717) is 34.6 Å². The Morgan fingerprint density at radius 2 is 1.31 bits per heavy atom. The molecule has 5 nitrogen and oxygen atoms in total. The molecule has 39 heavy (non-hydrogen) atoms. The van der Waals surface area contributed by atoms with Crippen molar-refractivity contribution in [1.29, 1.82) is 0 Å². The third-order valence-electron chi connectivity index (χ3n) is 5.84. The SMILES string of the molecule is CC(=O)O/N=C(\CCCc1ccc(Cl)cc1)C(=O)c1ccc(Sc2ccc(C(=O)c3ccccc3)cc2)cc1. The molecule has 0 aliphatic carbocycles. The van der Waals surface area contributed by atoms with Crippen LogP contribution in [0.25, 0.3) is 0 Å². The fourth-order valence-electron chi connectivity index (χ4n) is 3.84. The molecule has 0 amide bonds. The molecular formula is C32H26ClNO4S. The summed E-state index contributed by atoms with van der Waals surface area (Å²) in [7, 11) is 0. The predicted molar refractivity (Wildman–Crippen MR) is 155 cm³/mol. The van der Waals surface area contributed by atoms with Crippen molar-refractivity contribution in [3.05, 3.63) is 130 Å². The Morgan fingerprint density at radius 1 is 0.744 bits per heavy atom. The highest BCUT2D eigenvalue weighted by atomic mass is 35.5. The normalized spacial score (nSPS) is 11.2. The number of hydrogen-bond acceptors (Lipinski definition) is 6. The van der Waals surface area contributed by atoms with Crippen LogP contribution < -0.4 is 0 Å². The van der Waals surface area contributed by atoms with Crippen LogP contribution in [0.5, 0.6) is 0 Å². The summed E-state index contributed by atoms with van der Waals surface area (Å²) in [5.74, 6) is -0.886. The molecule has 0 fully saturated rings. The molecule has 0 spiro atoms. The van der Waals surface area contributed by atoms with E-state index in [2.05, 4.69) is 5.16 Å². The Hall–Kier alpha value is -4.00. The first-order valence-electron chi connectivity index (χ1n) is 12.4. The Kier molecular flexibility index (Phi) is 9.84. The second-order valence-electron chi connectivity index (χ2n) is 8.78. The fourth-order valence-corrected chi connectivity index (χ4v) is 4.78. The summed E-state index contributed by atoms with van der Waals surface area (Å²) in [6.07, 6.45) is 1.75. The number of oxime groups is 1. The number of nitrogens with zero attached hydrogens (tertiary/aromatic N) is 1. The molecule has 0 unspecified atom stereocenters. The van der Waals surface area contributed by atoms with Gasteiger partial charge in [-0.05, 0) is 85.5 Å². The molecule has 0 radical (unpaired) electrons. The van der Waals surface area contributed by atoms with Crippen molar-refractivity contribution < 1.29 is 19.2 Å². The first-order chi connectivity index (χ1) is 18.9. The number of Topliss-reactive ketones (excluding diaryl/α,β-unsaturated/α-hetero) is 1. The number of halogens is 1. The van der Waals surface area contributed by atoms with Gasteiger partial charge in [0.2, 0.25) is 5.78 Å². The number of carbonyl (C=O) groups is 3. The standard InChI is InChI=1S/C32H26ClNO4S/c1-22(35)38-34-30(9-5-6-23-10-16-27(33)17-11-23)32(37)26-14-20-29(21-15-26)39-28-18-12-25(13-19-28)31(36)24-7-3-2-4-8-24/h2-4,7-8,10-21H,5-6,9H2,1H3/b34-30+. The number of aryl methyl sites for hydroxylation is 1. The molecule has 0 saturated carbocycles. The molecule has 4 rings (SSSR count). The predicted octanol–water partition coefficient (Wildman–Crippen LogP) is 7.85. The highest BCUT2D eigenvalue weighted by Crippen LogP contribution is 2.28. The molecule has 196 valence electrons. The van der Waals surface area contributed by atoms with Crippen LogP contribution in [0.2, 0.25) is 5.02 Å². The van der Waals surface area contributed by atoms with Crippen molar-refractivity contribution in [2.45, 2.75) is 36.0 Å². The highest BCUT2D eigenvalue weighted by Gasteiger charge is 2.16. The number of benzene rings is 4. The van der Waals surface area contributed by atoms with Crippen LogP contribution in [0, 0.1) is 0 Å². The second-order valence-corrected chi connectivity index (χ2v) is 10.4. The average Bonchev–Trinajstić information content (AvgIpc) is 2.96. The molecule has 0 aromatic heterocycles. The van der Waals surface area contributed by atoms with Crippen LogP contribution in [0.1, 0.15) is 51.6 Å². The molecule has 0 heterocycles. The minimum absolute atomic E-state index is 0.0191. The van der Waals surface area contributed by atoms with Crippen molar-refractivity contribution in [3.63, 3.8) is 0 Å². The maximum atomic E-state index is 13.2. The molecule has 4 aromatic rings. The lowest BCUT2D eigenvalue weighted by Gasteiger charge is -2.08. The summed E-state index contributed by atoms with van der Waals surface area (Å²) >= 11 is 7.47. The Bertz CT molecular complexity index is 1470. The van der Waals surface area contributed by atoms with Crippen molar-refractivity contribution in [3.8, 4) is 0 Å². The highest BCUT2D eigenvalue weighted by molar-refractivity contribution is 7.99. The van der Waals surface area contributed by atoms with E-state index in [0.717, 1.165) is 21.8 Å². The lowest BCUT2D eigenvalue weighted by molar-refractivity contribution is -0.140. The first kappa shape index (κ1) is 28.0. The summed E-state index contributed by atoms with van der Waals surface area (Å²) in [5.41, 5.74) is 3.03. The van der Waals surface area contributed by atoms with Crippen molar-refractivity contribution in [2.75, 3.05) is 0 Å². The Labute approximate surface area is 236 Å². The van der Waals surface area contributed by atoms with E-state index >= 15 is 0 Å². The zero-order chi connectivity index (χ0) is 27.6. The van der Waals surface area contributed by atoms with Crippen molar-refractivity contribution in [2.24, 2.45) is 5.16 Å². The van der Waals surface area contributed by atoms with Crippen LogP contribution in [-0.4, -0.2) is 23.2 Å². The van der Waals surface area contributed by atoms with Crippen molar-refractivity contribution in [1.82, 2.24) is 0 Å². The summed E-state index contributed by atoms with van der Waals surface area (Å²) in [5, 5.41) is 4.51. The molecule has 7 heteroatoms. The van der Waals surface area contributed by atoms with Gasteiger partial charge in [0.25, 0.3) is 0 Å². The summed E-state index contributed by atoms with van der Waals surface area (Å²) in [4.78, 5) is 43.8. The van der Waals surface area contributed by atoms with Gasteiger partial charge in [0.05, 0.1) is 0 Å². The smallest absolute Gasteiger partial charge is 0.318 e. The molecule has 0 N–H and O–H groups in total. The molecular weight excluding hydrogens is 530 g/mol. The summed E-state index contributed by atoms with van der Waals surface area (Å²) in [6.45, 7) is 1.25. The summed E-state index contributed by atoms with van der Waals surface area (Å²) < 4.78 is 0. The van der Waals surface area contributed by atoms with Crippen LogP contribution in [0.15, 0.2) is 118 Å². The Balaban J connectivity index is 1.39. The van der Waals surface area contributed by atoms with Gasteiger partial charge < -0.3 is 4.84 Å². The minimum atomic E-state index is -0.582. The van der Waals surface area contributed by atoms with Gasteiger partial charge in [-0.25, -0.2) is 4.79 Å². The number of ketones is 2. The monoisotopic (exact) mass is 555 g/mol. The van der Waals surface area contributed by atoms with Gasteiger partial charge in [0.15, 0.2) is 5.78 Å².